The second kappa shape index (κ2) is 6.80. The van der Waals surface area contributed by atoms with Crippen molar-refractivity contribution in [2.24, 2.45) is 23.2 Å². The number of esters is 1. The molecule has 4 bridgehead atoms. The monoisotopic (exact) mass is 356 g/mol. The molecule has 130 valence electrons. The Balaban J connectivity index is 1.30. The number of thioether (sulfide) groups is 1. The Morgan fingerprint density at radius 2 is 1.83 bits per heavy atom. The highest BCUT2D eigenvalue weighted by Gasteiger charge is 2.58. The van der Waals surface area contributed by atoms with E-state index in [9.17, 15) is 9.35 Å². The molecular formula is C18H28O3S2. The average molecular weight is 357 g/mol. The van der Waals surface area contributed by atoms with Crippen LogP contribution in [0.3, 0.4) is 0 Å². The number of rotatable bonds is 6. The van der Waals surface area contributed by atoms with E-state index in [1.54, 1.807) is 11.8 Å². The molecule has 3 atom stereocenters. The van der Waals surface area contributed by atoms with E-state index in [1.807, 2.05) is 0 Å². The van der Waals surface area contributed by atoms with E-state index in [2.05, 4.69) is 0 Å². The lowest BCUT2D eigenvalue weighted by atomic mass is 9.76. The largest absolute Gasteiger partial charge is 0.464 e. The van der Waals surface area contributed by atoms with Gasteiger partial charge in [0.1, 0.15) is 0 Å². The summed E-state index contributed by atoms with van der Waals surface area (Å²) < 4.78 is 14.8. The van der Waals surface area contributed by atoms with Gasteiger partial charge in [-0.3, -0.25) is 0 Å². The summed E-state index contributed by atoms with van der Waals surface area (Å²) in [6, 6.07) is 0. The maximum Gasteiger partial charge on any atom is 0.331 e. The van der Waals surface area contributed by atoms with Crippen LogP contribution in [0.15, 0.2) is 0 Å². The first-order valence-corrected chi connectivity index (χ1v) is 11.1. The van der Waals surface area contributed by atoms with Gasteiger partial charge < -0.3 is 9.29 Å². The standard InChI is InChI=1S/C18H28O3S2/c19-16(17(23-20)22-15-4-2-1-3-5-15)21-11-18-9-12-6-13(10-18)8-14(18)7-12/h12-15,17,20H,1-11H2. The molecule has 0 spiro atoms. The maximum atomic E-state index is 12.5. The Kier molecular flexibility index (Phi) is 4.90. The number of carbonyl (C=O) groups excluding carboxylic acids is 1. The normalized spacial score (nSPS) is 40.5. The highest BCUT2D eigenvalue weighted by molar-refractivity contribution is 8.16. The molecule has 3 unspecified atom stereocenters. The van der Waals surface area contributed by atoms with E-state index < -0.39 is 4.58 Å². The van der Waals surface area contributed by atoms with Gasteiger partial charge in [0.25, 0.3) is 0 Å². The van der Waals surface area contributed by atoms with Crippen LogP contribution in [0, 0.1) is 23.2 Å². The van der Waals surface area contributed by atoms with Crippen molar-refractivity contribution in [1.82, 2.24) is 0 Å². The third-order valence-electron chi connectivity index (χ3n) is 6.82. The van der Waals surface area contributed by atoms with Gasteiger partial charge >= 0.3 is 5.97 Å². The highest BCUT2D eigenvalue weighted by atomic mass is 32.2. The van der Waals surface area contributed by atoms with Gasteiger partial charge in [-0.2, -0.15) is 0 Å². The minimum atomic E-state index is -0.453. The van der Waals surface area contributed by atoms with Gasteiger partial charge in [0.15, 0.2) is 4.58 Å². The SMILES string of the molecule is O=C(OCC12CC3CC(CC1C3)C2)C(SO)SC1CCCCC1. The molecule has 5 fully saturated rings. The molecule has 0 aromatic heterocycles. The molecule has 5 rings (SSSR count). The minimum Gasteiger partial charge on any atom is -0.464 e. The van der Waals surface area contributed by atoms with Crippen LogP contribution in [0.25, 0.3) is 0 Å². The van der Waals surface area contributed by atoms with Crippen molar-refractivity contribution in [3.63, 3.8) is 0 Å². The van der Waals surface area contributed by atoms with Gasteiger partial charge in [0, 0.05) is 22.7 Å². The van der Waals surface area contributed by atoms with Gasteiger partial charge in [-0.25, -0.2) is 4.79 Å². The van der Waals surface area contributed by atoms with E-state index in [1.165, 1.54) is 64.2 Å². The highest BCUT2D eigenvalue weighted by Crippen LogP contribution is 2.65. The molecule has 0 aromatic carbocycles. The summed E-state index contributed by atoms with van der Waals surface area (Å²) in [7, 11) is 0. The van der Waals surface area contributed by atoms with Crippen molar-refractivity contribution in [3.8, 4) is 0 Å². The lowest BCUT2D eigenvalue weighted by Gasteiger charge is -2.32. The first-order valence-electron chi connectivity index (χ1n) is 9.31. The van der Waals surface area contributed by atoms with Crippen LogP contribution in [0.4, 0.5) is 0 Å². The van der Waals surface area contributed by atoms with E-state index in [4.69, 9.17) is 4.74 Å². The van der Waals surface area contributed by atoms with Crippen molar-refractivity contribution < 1.29 is 14.1 Å². The second-order valence-electron chi connectivity index (χ2n) is 8.35. The first kappa shape index (κ1) is 16.6. The summed E-state index contributed by atoms with van der Waals surface area (Å²) in [5.74, 6) is 2.38. The Labute approximate surface area is 147 Å². The lowest BCUT2D eigenvalue weighted by Crippen LogP contribution is -2.32. The second-order valence-corrected chi connectivity index (χ2v) is 10.7. The van der Waals surface area contributed by atoms with Crippen molar-refractivity contribution >= 4 is 29.8 Å². The molecule has 3 nitrogen and oxygen atoms in total. The van der Waals surface area contributed by atoms with Crippen LogP contribution < -0.4 is 0 Å². The van der Waals surface area contributed by atoms with Gasteiger partial charge in [0.05, 0.1) is 6.61 Å². The third kappa shape index (κ3) is 3.30. The Hall–Kier alpha value is 0.130. The van der Waals surface area contributed by atoms with E-state index >= 15 is 0 Å². The summed E-state index contributed by atoms with van der Waals surface area (Å²) in [4.78, 5) is 12.5. The van der Waals surface area contributed by atoms with Crippen LogP contribution in [-0.4, -0.2) is 27.0 Å². The van der Waals surface area contributed by atoms with Crippen molar-refractivity contribution in [3.05, 3.63) is 0 Å². The molecule has 0 saturated heterocycles. The zero-order valence-electron chi connectivity index (χ0n) is 13.7. The number of ether oxygens (including phenoxy) is 1. The van der Waals surface area contributed by atoms with Crippen LogP contribution in [0.5, 0.6) is 0 Å². The van der Waals surface area contributed by atoms with E-state index in [-0.39, 0.29) is 5.97 Å². The fraction of sp³-hybridized carbons (Fsp3) is 0.944. The zero-order valence-corrected chi connectivity index (χ0v) is 15.4. The number of carbonyl (C=O) groups is 1. The first-order chi connectivity index (χ1) is 11.2. The molecule has 1 N–H and O–H groups in total. The van der Waals surface area contributed by atoms with Crippen LogP contribution >= 0.6 is 23.8 Å². The Bertz CT molecular complexity index is 436. The molecule has 0 radical (unpaired) electrons. The van der Waals surface area contributed by atoms with Crippen LogP contribution in [0.2, 0.25) is 0 Å². The molecule has 5 aliphatic carbocycles. The zero-order chi connectivity index (χ0) is 15.9. The smallest absolute Gasteiger partial charge is 0.331 e. The molecular weight excluding hydrogens is 328 g/mol. The molecule has 23 heavy (non-hydrogen) atoms. The molecule has 0 heterocycles. The number of hydrogen-bond donors (Lipinski definition) is 1. The summed E-state index contributed by atoms with van der Waals surface area (Å²) in [5.41, 5.74) is 0.295. The van der Waals surface area contributed by atoms with Crippen LogP contribution in [0.1, 0.15) is 64.2 Å². The third-order valence-corrected chi connectivity index (χ3v) is 9.09. The Morgan fingerprint density at radius 1 is 1.13 bits per heavy atom. The van der Waals surface area contributed by atoms with Crippen molar-refractivity contribution in [2.75, 3.05) is 6.61 Å². The fourth-order valence-electron chi connectivity index (χ4n) is 5.98. The van der Waals surface area contributed by atoms with Gasteiger partial charge in [-0.1, -0.05) is 19.3 Å². The van der Waals surface area contributed by atoms with Crippen molar-refractivity contribution in [2.45, 2.75) is 74.0 Å². The number of hydrogen-bond acceptors (Lipinski definition) is 5. The minimum absolute atomic E-state index is 0.200. The van der Waals surface area contributed by atoms with Gasteiger partial charge in [-0.05, 0) is 62.7 Å². The topological polar surface area (TPSA) is 46.5 Å². The quantitative estimate of drug-likeness (QED) is 0.414. The summed E-state index contributed by atoms with van der Waals surface area (Å²) in [6.45, 7) is 0.603. The Morgan fingerprint density at radius 3 is 2.48 bits per heavy atom. The summed E-state index contributed by atoms with van der Waals surface area (Å²) >= 11 is 2.30. The molecule has 5 saturated carbocycles. The predicted molar refractivity (Wildman–Crippen MR) is 95.4 cm³/mol. The molecule has 0 amide bonds. The van der Waals surface area contributed by atoms with Gasteiger partial charge in [0.2, 0.25) is 0 Å². The summed E-state index contributed by atoms with van der Waals surface area (Å²) in [6.07, 6.45) is 12.8. The molecule has 5 heteroatoms. The lowest BCUT2D eigenvalue weighted by molar-refractivity contribution is -0.145. The molecule has 0 aliphatic heterocycles. The van der Waals surface area contributed by atoms with Gasteiger partial charge in [-0.15, -0.1) is 11.8 Å². The predicted octanol–water partition coefficient (Wildman–Crippen LogP) is 4.95. The molecule has 5 aliphatic rings. The fourth-order valence-corrected chi connectivity index (χ4v) is 7.94. The van der Waals surface area contributed by atoms with E-state index in [0.717, 1.165) is 17.8 Å². The van der Waals surface area contributed by atoms with E-state index in [0.29, 0.717) is 29.3 Å². The average Bonchev–Trinajstić information content (AvgIpc) is 2.96. The molecule has 0 aromatic rings. The maximum absolute atomic E-state index is 12.5. The van der Waals surface area contributed by atoms with Crippen molar-refractivity contribution in [1.29, 1.82) is 0 Å². The van der Waals surface area contributed by atoms with Crippen LogP contribution in [-0.2, 0) is 9.53 Å². The summed E-state index contributed by atoms with van der Waals surface area (Å²) in [5, 5.41) is 0.512.